The normalized spacial score (nSPS) is 10.1. The van der Waals surface area contributed by atoms with Crippen LogP contribution in [0.15, 0.2) is 48.5 Å². The van der Waals surface area contributed by atoms with Gasteiger partial charge in [-0.2, -0.15) is 0 Å². The molecule has 0 aliphatic rings. The Morgan fingerprint density at radius 1 is 1.10 bits per heavy atom. The molecule has 3 N–H and O–H groups in total. The van der Waals surface area contributed by atoms with Gasteiger partial charge >= 0.3 is 0 Å². The predicted octanol–water partition coefficient (Wildman–Crippen LogP) is 2.31. The molecule has 2 aromatic rings. The summed E-state index contributed by atoms with van der Waals surface area (Å²) in [5, 5.41) is 13.2. The Balaban J connectivity index is 2.08. The van der Waals surface area contributed by atoms with Crippen molar-refractivity contribution in [2.45, 2.75) is 6.54 Å². The van der Waals surface area contributed by atoms with E-state index in [2.05, 4.69) is 5.32 Å². The molecule has 0 saturated heterocycles. The Hall–Kier alpha value is -2.73. The van der Waals surface area contributed by atoms with Crippen LogP contribution in [0.1, 0.15) is 15.9 Å². The number of non-ortho nitro benzene ring substituents is 1. The molecular weight excluding hydrogens is 258 g/mol. The Labute approximate surface area is 115 Å². The summed E-state index contributed by atoms with van der Waals surface area (Å²) >= 11 is 0. The minimum absolute atomic E-state index is 0.0182. The number of carbonyl (C=O) groups excluding carboxylic acids is 1. The van der Waals surface area contributed by atoms with Gasteiger partial charge in [0.15, 0.2) is 0 Å². The van der Waals surface area contributed by atoms with E-state index in [0.717, 1.165) is 5.56 Å². The van der Waals surface area contributed by atoms with Crippen molar-refractivity contribution >= 4 is 17.3 Å². The van der Waals surface area contributed by atoms with Crippen LogP contribution in [0.5, 0.6) is 0 Å². The molecule has 0 saturated carbocycles. The molecule has 0 aromatic heterocycles. The van der Waals surface area contributed by atoms with Crippen molar-refractivity contribution in [2.75, 3.05) is 5.32 Å². The van der Waals surface area contributed by atoms with Gasteiger partial charge in [-0.1, -0.05) is 12.1 Å². The number of nitrogens with one attached hydrogen (secondary N) is 1. The average Bonchev–Trinajstić information content (AvgIpc) is 2.48. The summed E-state index contributed by atoms with van der Waals surface area (Å²) < 4.78 is 0. The van der Waals surface area contributed by atoms with E-state index in [0.29, 0.717) is 17.8 Å². The topological polar surface area (TPSA) is 98.3 Å². The zero-order chi connectivity index (χ0) is 14.5. The van der Waals surface area contributed by atoms with Crippen molar-refractivity contribution in [3.8, 4) is 0 Å². The van der Waals surface area contributed by atoms with Crippen LogP contribution in [-0.2, 0) is 6.54 Å². The van der Waals surface area contributed by atoms with E-state index >= 15 is 0 Å². The molecule has 0 atom stereocenters. The van der Waals surface area contributed by atoms with Crippen LogP contribution in [0.2, 0.25) is 0 Å². The summed E-state index contributed by atoms with van der Waals surface area (Å²) in [7, 11) is 0. The van der Waals surface area contributed by atoms with E-state index in [1.54, 1.807) is 24.3 Å². The lowest BCUT2D eigenvalue weighted by Crippen LogP contribution is -2.12. The first-order valence-electron chi connectivity index (χ1n) is 5.95. The van der Waals surface area contributed by atoms with Gasteiger partial charge in [0.05, 0.1) is 4.92 Å². The highest BCUT2D eigenvalue weighted by Crippen LogP contribution is 2.16. The van der Waals surface area contributed by atoms with Crippen LogP contribution in [-0.4, -0.2) is 10.8 Å². The highest BCUT2D eigenvalue weighted by Gasteiger charge is 2.08. The van der Waals surface area contributed by atoms with Crippen molar-refractivity contribution in [1.82, 2.24) is 0 Å². The maximum Gasteiger partial charge on any atom is 0.269 e. The zero-order valence-corrected chi connectivity index (χ0v) is 10.6. The van der Waals surface area contributed by atoms with Crippen LogP contribution in [0.3, 0.4) is 0 Å². The monoisotopic (exact) mass is 271 g/mol. The van der Waals surface area contributed by atoms with E-state index < -0.39 is 4.92 Å². The predicted molar refractivity (Wildman–Crippen MR) is 75.4 cm³/mol. The molecule has 2 rings (SSSR count). The molecule has 0 fully saturated rings. The van der Waals surface area contributed by atoms with Gasteiger partial charge in [-0.3, -0.25) is 14.9 Å². The third-order valence-electron chi connectivity index (χ3n) is 2.79. The van der Waals surface area contributed by atoms with E-state index in [9.17, 15) is 14.9 Å². The summed E-state index contributed by atoms with van der Waals surface area (Å²) in [5.74, 6) is -0.276. The summed E-state index contributed by atoms with van der Waals surface area (Å²) in [4.78, 5) is 22.0. The first kappa shape index (κ1) is 13.7. The molecule has 6 nitrogen and oxygen atoms in total. The molecule has 0 unspecified atom stereocenters. The Morgan fingerprint density at radius 2 is 1.70 bits per heavy atom. The van der Waals surface area contributed by atoms with Crippen LogP contribution < -0.4 is 11.1 Å². The number of carbonyl (C=O) groups is 1. The summed E-state index contributed by atoms with van der Waals surface area (Å²) in [6, 6.07) is 12.6. The van der Waals surface area contributed by atoms with Gasteiger partial charge in [-0.15, -0.1) is 0 Å². The molecule has 0 bridgehead atoms. The fraction of sp³-hybridized carbons (Fsp3) is 0.0714. The molecule has 0 aliphatic carbocycles. The maximum atomic E-state index is 12.0. The van der Waals surface area contributed by atoms with Crippen molar-refractivity contribution < 1.29 is 9.72 Å². The SMILES string of the molecule is NCc1ccc(C(=O)Nc2ccc([N+](=O)[O-])cc2)cc1. The molecule has 0 radical (unpaired) electrons. The van der Waals surface area contributed by atoms with Gasteiger partial charge in [0, 0.05) is 29.9 Å². The second-order valence-electron chi connectivity index (χ2n) is 4.16. The molecule has 1 amide bonds. The number of anilines is 1. The van der Waals surface area contributed by atoms with Crippen molar-refractivity contribution in [3.05, 3.63) is 69.8 Å². The minimum Gasteiger partial charge on any atom is -0.326 e. The summed E-state index contributed by atoms with van der Waals surface area (Å²) in [6.45, 7) is 0.421. The second-order valence-corrected chi connectivity index (χ2v) is 4.16. The summed E-state index contributed by atoms with van der Waals surface area (Å²) in [5.41, 5.74) is 7.41. The first-order valence-corrected chi connectivity index (χ1v) is 5.95. The fourth-order valence-corrected chi connectivity index (χ4v) is 1.66. The number of nitro benzene ring substituents is 1. The second kappa shape index (κ2) is 5.94. The lowest BCUT2D eigenvalue weighted by atomic mass is 10.1. The van der Waals surface area contributed by atoms with E-state index in [1.165, 1.54) is 24.3 Å². The van der Waals surface area contributed by atoms with Crippen molar-refractivity contribution in [1.29, 1.82) is 0 Å². The Bertz CT molecular complexity index is 621. The molecule has 2 aromatic carbocycles. The molecular formula is C14H13N3O3. The number of rotatable bonds is 4. The highest BCUT2D eigenvalue weighted by atomic mass is 16.6. The van der Waals surface area contributed by atoms with Crippen LogP contribution in [0, 0.1) is 10.1 Å². The summed E-state index contributed by atoms with van der Waals surface area (Å²) in [6.07, 6.45) is 0. The van der Waals surface area contributed by atoms with Gasteiger partial charge in [-0.25, -0.2) is 0 Å². The Morgan fingerprint density at radius 3 is 2.20 bits per heavy atom. The third kappa shape index (κ3) is 3.18. The molecule has 6 heteroatoms. The highest BCUT2D eigenvalue weighted by molar-refractivity contribution is 6.04. The number of nitrogens with zero attached hydrogens (tertiary/aromatic N) is 1. The van der Waals surface area contributed by atoms with Gasteiger partial charge in [0.25, 0.3) is 11.6 Å². The minimum atomic E-state index is -0.489. The standard InChI is InChI=1S/C14H13N3O3/c15-9-10-1-3-11(4-2-10)14(18)16-12-5-7-13(8-6-12)17(19)20/h1-8H,9,15H2,(H,16,18). The lowest BCUT2D eigenvalue weighted by Gasteiger charge is -2.05. The van der Waals surface area contributed by atoms with E-state index in [4.69, 9.17) is 5.73 Å². The fourth-order valence-electron chi connectivity index (χ4n) is 1.66. The maximum absolute atomic E-state index is 12.0. The number of amides is 1. The van der Waals surface area contributed by atoms with Gasteiger partial charge in [-0.05, 0) is 29.8 Å². The van der Waals surface area contributed by atoms with Gasteiger partial charge in [0.1, 0.15) is 0 Å². The average molecular weight is 271 g/mol. The molecule has 20 heavy (non-hydrogen) atoms. The quantitative estimate of drug-likeness (QED) is 0.658. The molecule has 102 valence electrons. The van der Waals surface area contributed by atoms with Crippen LogP contribution in [0.4, 0.5) is 11.4 Å². The number of hydrogen-bond acceptors (Lipinski definition) is 4. The molecule has 0 aliphatic heterocycles. The first-order chi connectivity index (χ1) is 9.60. The Kier molecular flexibility index (Phi) is 4.07. The number of hydrogen-bond donors (Lipinski definition) is 2. The van der Waals surface area contributed by atoms with Crippen LogP contribution in [0.25, 0.3) is 0 Å². The molecule has 0 spiro atoms. The van der Waals surface area contributed by atoms with Crippen molar-refractivity contribution in [2.24, 2.45) is 5.73 Å². The van der Waals surface area contributed by atoms with E-state index in [-0.39, 0.29) is 11.6 Å². The van der Waals surface area contributed by atoms with Gasteiger partial charge < -0.3 is 11.1 Å². The largest absolute Gasteiger partial charge is 0.326 e. The van der Waals surface area contributed by atoms with E-state index in [1.807, 2.05) is 0 Å². The van der Waals surface area contributed by atoms with Crippen LogP contribution >= 0.6 is 0 Å². The van der Waals surface area contributed by atoms with Gasteiger partial charge in [0.2, 0.25) is 0 Å². The molecule has 0 heterocycles. The number of nitro groups is 1. The number of benzene rings is 2. The zero-order valence-electron chi connectivity index (χ0n) is 10.6. The van der Waals surface area contributed by atoms with Crippen molar-refractivity contribution in [3.63, 3.8) is 0 Å². The third-order valence-corrected chi connectivity index (χ3v) is 2.79. The number of nitrogens with two attached hydrogens (primary N) is 1. The smallest absolute Gasteiger partial charge is 0.269 e. The lowest BCUT2D eigenvalue weighted by molar-refractivity contribution is -0.384.